The van der Waals surface area contributed by atoms with Crippen molar-refractivity contribution in [2.75, 3.05) is 23.3 Å². The molecule has 0 bridgehead atoms. The Balaban J connectivity index is 1.23. The maximum absolute atomic E-state index is 12.9. The molecule has 0 aromatic carbocycles. The molecule has 2 unspecified atom stereocenters. The molecule has 0 spiro atoms. The third kappa shape index (κ3) is 4.02. The van der Waals surface area contributed by atoms with Crippen LogP contribution in [0.1, 0.15) is 18.5 Å². The molecule has 1 N–H and O–H groups in total. The van der Waals surface area contributed by atoms with Crippen LogP contribution in [0.2, 0.25) is 0 Å². The summed E-state index contributed by atoms with van der Waals surface area (Å²) in [7, 11) is 0. The van der Waals surface area contributed by atoms with E-state index in [1.807, 2.05) is 0 Å². The number of anilines is 2. The molecule has 3 aromatic heterocycles. The van der Waals surface area contributed by atoms with E-state index in [2.05, 4.69) is 30.4 Å². The molecule has 0 amide bonds. The van der Waals surface area contributed by atoms with E-state index in [1.165, 1.54) is 6.20 Å². The summed E-state index contributed by atoms with van der Waals surface area (Å²) in [5.41, 5.74) is -0.211. The highest BCUT2D eigenvalue weighted by Gasteiger charge is 2.42. The summed E-state index contributed by atoms with van der Waals surface area (Å²) in [5.74, 6) is 1.15. The predicted octanol–water partition coefficient (Wildman–Crippen LogP) is 3.23. The Morgan fingerprint density at radius 1 is 1.06 bits per heavy atom. The maximum Gasteiger partial charge on any atom is 0.433 e. The van der Waals surface area contributed by atoms with Gasteiger partial charge in [-0.25, -0.2) is 33.4 Å². The van der Waals surface area contributed by atoms with Crippen molar-refractivity contribution in [3.63, 3.8) is 0 Å². The average Bonchev–Trinajstić information content (AvgIpc) is 3.41. The summed E-state index contributed by atoms with van der Waals surface area (Å²) in [6, 6.07) is 0.971. The maximum atomic E-state index is 12.9. The highest BCUT2D eigenvalue weighted by atomic mass is 19.4. The van der Waals surface area contributed by atoms with Crippen molar-refractivity contribution in [1.29, 1.82) is 0 Å². The van der Waals surface area contributed by atoms with Crippen LogP contribution in [-0.2, 0) is 12.7 Å². The lowest BCUT2D eigenvalue weighted by molar-refractivity contribution is -0.141. The number of alkyl halides is 5. The lowest BCUT2D eigenvalue weighted by Gasteiger charge is -2.20. The minimum absolute atomic E-state index is 0.0994. The molecule has 1 aliphatic heterocycles. The van der Waals surface area contributed by atoms with Crippen molar-refractivity contribution in [3.05, 3.63) is 30.4 Å². The third-order valence-corrected chi connectivity index (χ3v) is 5.98. The highest BCUT2D eigenvalue weighted by molar-refractivity contribution is 5.71. The second-order valence-corrected chi connectivity index (χ2v) is 8.16. The lowest BCUT2D eigenvalue weighted by Crippen LogP contribution is -2.27. The molecule has 2 aliphatic rings. The molecule has 32 heavy (non-hydrogen) atoms. The average molecular weight is 454 g/mol. The first-order chi connectivity index (χ1) is 15.3. The number of fused-ring (bicyclic) bond motifs is 2. The van der Waals surface area contributed by atoms with Crippen LogP contribution in [0.5, 0.6) is 0 Å². The Hall–Kier alpha value is -3.12. The summed E-state index contributed by atoms with van der Waals surface area (Å²) in [6.45, 7) is 0.606. The second-order valence-electron chi connectivity index (χ2n) is 8.16. The van der Waals surface area contributed by atoms with E-state index in [1.54, 1.807) is 11.1 Å². The molecule has 4 heterocycles. The zero-order chi connectivity index (χ0) is 22.5. The van der Waals surface area contributed by atoms with E-state index in [4.69, 9.17) is 0 Å². The summed E-state index contributed by atoms with van der Waals surface area (Å²) < 4.78 is 65.4. The number of halogens is 5. The molecule has 2 atom stereocenters. The van der Waals surface area contributed by atoms with Gasteiger partial charge in [0.25, 0.3) is 6.43 Å². The fourth-order valence-corrected chi connectivity index (χ4v) is 4.63. The van der Waals surface area contributed by atoms with Gasteiger partial charge in [-0.15, -0.1) is 0 Å². The van der Waals surface area contributed by atoms with Gasteiger partial charge in [-0.1, -0.05) is 0 Å². The summed E-state index contributed by atoms with van der Waals surface area (Å²) in [4.78, 5) is 18.1. The minimum atomic E-state index is -4.50. The highest BCUT2D eigenvalue weighted by Crippen LogP contribution is 2.40. The van der Waals surface area contributed by atoms with Gasteiger partial charge in [0.15, 0.2) is 5.65 Å². The van der Waals surface area contributed by atoms with Crippen molar-refractivity contribution >= 4 is 22.9 Å². The second kappa shape index (κ2) is 7.78. The number of rotatable bonds is 5. The Bertz CT molecular complexity index is 1100. The zero-order valence-electron chi connectivity index (χ0n) is 16.7. The van der Waals surface area contributed by atoms with E-state index < -0.39 is 24.8 Å². The van der Waals surface area contributed by atoms with Crippen LogP contribution in [0.15, 0.2) is 24.7 Å². The smallest absolute Gasteiger partial charge is 0.366 e. The number of hydrogen-bond donors (Lipinski definition) is 1. The van der Waals surface area contributed by atoms with Crippen LogP contribution in [0.25, 0.3) is 11.2 Å². The monoisotopic (exact) mass is 454 g/mol. The summed E-state index contributed by atoms with van der Waals surface area (Å²) >= 11 is 0. The zero-order valence-corrected chi connectivity index (χ0v) is 16.7. The van der Waals surface area contributed by atoms with Gasteiger partial charge in [0.2, 0.25) is 5.95 Å². The molecular weight excluding hydrogens is 435 g/mol. The Kier molecular flexibility index (Phi) is 5.05. The molecule has 1 saturated carbocycles. The molecular formula is C19H19F5N8. The van der Waals surface area contributed by atoms with Gasteiger partial charge >= 0.3 is 6.18 Å². The van der Waals surface area contributed by atoms with E-state index in [0.29, 0.717) is 30.1 Å². The molecule has 1 saturated heterocycles. The largest absolute Gasteiger partial charge is 0.433 e. The van der Waals surface area contributed by atoms with Crippen molar-refractivity contribution < 1.29 is 22.0 Å². The quantitative estimate of drug-likeness (QED) is 0.593. The van der Waals surface area contributed by atoms with E-state index in [0.717, 1.165) is 29.8 Å². The SMILES string of the molecule is FC(F)Cn1ncc2ncc(NC3CC4CN(c5nccc(C(F)(F)F)n5)CC4C3)nc21. The molecule has 1 aliphatic carbocycles. The molecule has 13 heteroatoms. The third-order valence-electron chi connectivity index (χ3n) is 5.98. The molecule has 3 aromatic rings. The molecule has 2 fully saturated rings. The van der Waals surface area contributed by atoms with Crippen molar-refractivity contribution in [2.24, 2.45) is 11.8 Å². The Labute approximate surface area is 178 Å². The van der Waals surface area contributed by atoms with Gasteiger partial charge in [-0.2, -0.15) is 18.3 Å². The van der Waals surface area contributed by atoms with Gasteiger partial charge in [0.05, 0.1) is 12.4 Å². The van der Waals surface area contributed by atoms with Gasteiger partial charge in [-0.05, 0) is 30.7 Å². The first-order valence-electron chi connectivity index (χ1n) is 10.1. The first kappa shape index (κ1) is 20.8. The normalized spacial score (nSPS) is 23.3. The van der Waals surface area contributed by atoms with E-state index >= 15 is 0 Å². The number of aromatic nitrogens is 6. The van der Waals surface area contributed by atoms with Crippen molar-refractivity contribution in [1.82, 2.24) is 29.7 Å². The van der Waals surface area contributed by atoms with Gasteiger partial charge in [0, 0.05) is 25.3 Å². The topological polar surface area (TPSA) is 84.7 Å². The molecule has 5 rings (SSSR count). The van der Waals surface area contributed by atoms with Gasteiger partial charge in [0.1, 0.15) is 23.6 Å². The minimum Gasteiger partial charge on any atom is -0.366 e. The molecule has 0 radical (unpaired) electrons. The first-order valence-corrected chi connectivity index (χ1v) is 10.1. The van der Waals surface area contributed by atoms with E-state index in [9.17, 15) is 22.0 Å². The van der Waals surface area contributed by atoms with Crippen LogP contribution >= 0.6 is 0 Å². The number of hydrogen-bond acceptors (Lipinski definition) is 7. The van der Waals surface area contributed by atoms with Crippen molar-refractivity contribution in [2.45, 2.75) is 38.0 Å². The van der Waals surface area contributed by atoms with Crippen molar-refractivity contribution in [3.8, 4) is 0 Å². The molecule has 170 valence electrons. The Morgan fingerprint density at radius 2 is 1.81 bits per heavy atom. The lowest BCUT2D eigenvalue weighted by atomic mass is 10.0. The fraction of sp³-hybridized carbons (Fsp3) is 0.526. The van der Waals surface area contributed by atoms with Crippen LogP contribution in [0.3, 0.4) is 0 Å². The Morgan fingerprint density at radius 3 is 2.50 bits per heavy atom. The number of nitrogens with zero attached hydrogens (tertiary/aromatic N) is 7. The summed E-state index contributed by atoms with van der Waals surface area (Å²) in [5, 5.41) is 7.22. The predicted molar refractivity (Wildman–Crippen MR) is 104 cm³/mol. The van der Waals surface area contributed by atoms with Crippen LogP contribution < -0.4 is 10.2 Å². The van der Waals surface area contributed by atoms with Crippen LogP contribution in [0, 0.1) is 11.8 Å². The summed E-state index contributed by atoms with van der Waals surface area (Å²) in [6.07, 6.45) is -1.36. The number of nitrogens with one attached hydrogen (secondary N) is 1. The van der Waals surface area contributed by atoms with Crippen LogP contribution in [-0.4, -0.2) is 55.3 Å². The van der Waals surface area contributed by atoms with E-state index in [-0.39, 0.29) is 23.8 Å². The van der Waals surface area contributed by atoms with Crippen LogP contribution in [0.4, 0.5) is 33.7 Å². The molecule has 8 nitrogen and oxygen atoms in total. The van der Waals surface area contributed by atoms with Gasteiger partial charge in [-0.3, -0.25) is 0 Å². The fourth-order valence-electron chi connectivity index (χ4n) is 4.63. The standard InChI is InChI=1S/C19H19F5N8/c20-15(21)9-32-17-13(5-27-32)26-6-16(30-17)28-12-3-10-7-31(8-11(10)4-12)18-25-2-1-14(29-18)19(22,23)24/h1-2,5-6,10-12,15H,3-4,7-9H2,(H,28,30). The van der Waals surface area contributed by atoms with Gasteiger partial charge < -0.3 is 10.2 Å².